The fourth-order valence-electron chi connectivity index (χ4n) is 2.06. The smallest absolute Gasteiger partial charge is 0.130 e. The Hall–Kier alpha value is -0.640. The second-order valence-electron chi connectivity index (χ2n) is 4.24. The summed E-state index contributed by atoms with van der Waals surface area (Å²) in [5.74, 6) is 0.904. The lowest BCUT2D eigenvalue weighted by atomic mass is 10.0. The molecule has 0 spiro atoms. The second-order valence-corrected chi connectivity index (χ2v) is 5.02. The van der Waals surface area contributed by atoms with Crippen LogP contribution in [-0.4, -0.2) is 15.6 Å². The highest BCUT2D eigenvalue weighted by Gasteiger charge is 2.16. The minimum absolute atomic E-state index is 0.641. The Morgan fingerprint density at radius 1 is 1.36 bits per heavy atom. The molecular weight excluding hydrogens is 194 g/mol. The van der Waals surface area contributed by atoms with Crippen LogP contribution in [0.5, 0.6) is 0 Å². The van der Waals surface area contributed by atoms with Gasteiger partial charge in [0.2, 0.25) is 0 Å². The van der Waals surface area contributed by atoms with Gasteiger partial charge in [0.25, 0.3) is 0 Å². The SMILES string of the molecule is CC1CCCC(Nc2cnns2)CC1. The highest BCUT2D eigenvalue weighted by Crippen LogP contribution is 2.25. The first-order valence-corrected chi connectivity index (χ1v) is 6.16. The maximum absolute atomic E-state index is 3.86. The van der Waals surface area contributed by atoms with Gasteiger partial charge < -0.3 is 5.32 Å². The molecule has 0 aromatic carbocycles. The normalized spacial score (nSPS) is 28.4. The maximum atomic E-state index is 3.86. The highest BCUT2D eigenvalue weighted by atomic mass is 32.1. The van der Waals surface area contributed by atoms with Crippen LogP contribution in [-0.2, 0) is 0 Å². The Balaban J connectivity index is 1.86. The van der Waals surface area contributed by atoms with Crippen LogP contribution in [0.2, 0.25) is 0 Å². The number of hydrogen-bond donors (Lipinski definition) is 1. The molecule has 1 aromatic heterocycles. The van der Waals surface area contributed by atoms with Crippen molar-refractivity contribution < 1.29 is 0 Å². The summed E-state index contributed by atoms with van der Waals surface area (Å²) in [6.45, 7) is 2.36. The van der Waals surface area contributed by atoms with Crippen LogP contribution in [0.25, 0.3) is 0 Å². The lowest BCUT2D eigenvalue weighted by Gasteiger charge is -2.15. The van der Waals surface area contributed by atoms with Crippen molar-refractivity contribution in [1.29, 1.82) is 0 Å². The number of aromatic nitrogens is 2. The first kappa shape index (κ1) is 9.90. The molecule has 2 atom stereocenters. The van der Waals surface area contributed by atoms with Crippen LogP contribution in [0.1, 0.15) is 39.0 Å². The molecule has 1 heterocycles. The van der Waals surface area contributed by atoms with Gasteiger partial charge in [-0.2, -0.15) is 0 Å². The van der Waals surface area contributed by atoms with E-state index in [1.54, 1.807) is 0 Å². The minimum Gasteiger partial charge on any atom is -0.372 e. The zero-order chi connectivity index (χ0) is 9.80. The van der Waals surface area contributed by atoms with E-state index < -0.39 is 0 Å². The molecular formula is C10H17N3S. The number of nitrogens with one attached hydrogen (secondary N) is 1. The molecule has 1 aliphatic rings. The van der Waals surface area contributed by atoms with Crippen molar-refractivity contribution in [2.45, 2.75) is 45.1 Å². The predicted octanol–water partition coefficient (Wildman–Crippen LogP) is 2.92. The summed E-state index contributed by atoms with van der Waals surface area (Å²) < 4.78 is 3.86. The van der Waals surface area contributed by atoms with Crippen LogP contribution in [0, 0.1) is 5.92 Å². The van der Waals surface area contributed by atoms with E-state index >= 15 is 0 Å². The molecule has 0 bridgehead atoms. The average molecular weight is 211 g/mol. The summed E-state index contributed by atoms with van der Waals surface area (Å²) in [6.07, 6.45) is 8.49. The first-order chi connectivity index (χ1) is 6.84. The molecule has 4 heteroatoms. The van der Waals surface area contributed by atoms with E-state index in [1.165, 1.54) is 43.6 Å². The number of rotatable bonds is 2. The van der Waals surface area contributed by atoms with Crippen LogP contribution >= 0.6 is 11.5 Å². The molecule has 1 aromatic rings. The van der Waals surface area contributed by atoms with Gasteiger partial charge in [0.1, 0.15) is 5.00 Å². The summed E-state index contributed by atoms with van der Waals surface area (Å²) in [5.41, 5.74) is 0. The Labute approximate surface area is 89.1 Å². The van der Waals surface area contributed by atoms with Gasteiger partial charge in [0.05, 0.1) is 6.20 Å². The van der Waals surface area contributed by atoms with Crippen LogP contribution in [0.4, 0.5) is 5.00 Å². The zero-order valence-electron chi connectivity index (χ0n) is 8.57. The summed E-state index contributed by atoms with van der Waals surface area (Å²) >= 11 is 1.45. The van der Waals surface area contributed by atoms with Gasteiger partial charge in [-0.25, -0.2) is 0 Å². The lowest BCUT2D eigenvalue weighted by Crippen LogP contribution is -2.17. The minimum atomic E-state index is 0.641. The largest absolute Gasteiger partial charge is 0.372 e. The van der Waals surface area contributed by atoms with Gasteiger partial charge in [0, 0.05) is 17.6 Å². The van der Waals surface area contributed by atoms with Gasteiger partial charge in [-0.05, 0) is 25.2 Å². The summed E-state index contributed by atoms with van der Waals surface area (Å²) in [7, 11) is 0. The standard InChI is InChI=1S/C10H17N3S/c1-8-3-2-4-9(6-5-8)12-10-7-11-13-14-10/h7-9,12H,2-6H2,1H3. The summed E-state index contributed by atoms with van der Waals surface area (Å²) in [4.78, 5) is 0. The molecule has 2 unspecified atom stereocenters. The molecule has 3 nitrogen and oxygen atoms in total. The van der Waals surface area contributed by atoms with E-state index in [0.29, 0.717) is 6.04 Å². The van der Waals surface area contributed by atoms with Crippen molar-refractivity contribution in [2.24, 2.45) is 5.92 Å². The quantitative estimate of drug-likeness (QED) is 0.764. The number of hydrogen-bond acceptors (Lipinski definition) is 4. The molecule has 1 aliphatic carbocycles. The third-order valence-corrected chi connectivity index (χ3v) is 3.56. The molecule has 0 aliphatic heterocycles. The van der Waals surface area contributed by atoms with E-state index in [-0.39, 0.29) is 0 Å². The lowest BCUT2D eigenvalue weighted by molar-refractivity contribution is 0.502. The van der Waals surface area contributed by atoms with E-state index in [4.69, 9.17) is 0 Å². The van der Waals surface area contributed by atoms with Gasteiger partial charge >= 0.3 is 0 Å². The third-order valence-electron chi connectivity index (χ3n) is 2.97. The molecule has 0 radical (unpaired) electrons. The van der Waals surface area contributed by atoms with Crippen molar-refractivity contribution >= 4 is 16.5 Å². The first-order valence-electron chi connectivity index (χ1n) is 5.38. The van der Waals surface area contributed by atoms with Crippen molar-refractivity contribution in [3.05, 3.63) is 6.20 Å². The van der Waals surface area contributed by atoms with Crippen molar-refractivity contribution in [2.75, 3.05) is 5.32 Å². The Kier molecular flexibility index (Phi) is 3.35. The molecule has 1 saturated carbocycles. The maximum Gasteiger partial charge on any atom is 0.130 e. The Morgan fingerprint density at radius 3 is 3.07 bits per heavy atom. The van der Waals surface area contributed by atoms with E-state index in [0.717, 1.165) is 10.9 Å². The topological polar surface area (TPSA) is 37.8 Å². The van der Waals surface area contributed by atoms with E-state index in [2.05, 4.69) is 21.8 Å². The summed E-state index contributed by atoms with van der Waals surface area (Å²) in [5, 5.41) is 8.46. The van der Waals surface area contributed by atoms with Crippen molar-refractivity contribution in [3.8, 4) is 0 Å². The molecule has 14 heavy (non-hydrogen) atoms. The predicted molar refractivity (Wildman–Crippen MR) is 59.6 cm³/mol. The monoisotopic (exact) mass is 211 g/mol. The second kappa shape index (κ2) is 4.73. The molecule has 2 rings (SSSR count). The van der Waals surface area contributed by atoms with Gasteiger partial charge in [-0.15, -0.1) is 5.10 Å². The molecule has 0 saturated heterocycles. The van der Waals surface area contributed by atoms with Crippen LogP contribution in [0.3, 0.4) is 0 Å². The fourth-order valence-corrected chi connectivity index (χ4v) is 2.56. The number of nitrogens with zero attached hydrogens (tertiary/aromatic N) is 2. The van der Waals surface area contributed by atoms with Gasteiger partial charge in [0.15, 0.2) is 0 Å². The van der Waals surface area contributed by atoms with Gasteiger partial charge in [-0.3, -0.25) is 0 Å². The van der Waals surface area contributed by atoms with E-state index in [1.807, 2.05) is 6.20 Å². The fraction of sp³-hybridized carbons (Fsp3) is 0.800. The molecule has 1 fully saturated rings. The average Bonchev–Trinajstić information content (AvgIpc) is 2.58. The van der Waals surface area contributed by atoms with Crippen LogP contribution in [0.15, 0.2) is 6.20 Å². The Morgan fingerprint density at radius 2 is 2.29 bits per heavy atom. The molecule has 0 amide bonds. The zero-order valence-corrected chi connectivity index (χ0v) is 9.39. The van der Waals surface area contributed by atoms with Crippen LogP contribution < -0.4 is 5.32 Å². The molecule has 1 N–H and O–H groups in total. The highest BCUT2D eigenvalue weighted by molar-refractivity contribution is 7.09. The van der Waals surface area contributed by atoms with E-state index in [9.17, 15) is 0 Å². The van der Waals surface area contributed by atoms with Gasteiger partial charge in [-0.1, -0.05) is 24.3 Å². The summed E-state index contributed by atoms with van der Waals surface area (Å²) in [6, 6.07) is 0.641. The number of anilines is 1. The molecule has 78 valence electrons. The van der Waals surface area contributed by atoms with Crippen molar-refractivity contribution in [3.63, 3.8) is 0 Å². The third kappa shape index (κ3) is 2.67. The Bertz CT molecular complexity index is 260. The van der Waals surface area contributed by atoms with Crippen molar-refractivity contribution in [1.82, 2.24) is 9.59 Å².